The number of benzene rings is 1. The molecule has 0 saturated carbocycles. The van der Waals surface area contributed by atoms with E-state index in [2.05, 4.69) is 0 Å². The number of aliphatic hydroxyl groups is 1. The molecule has 0 heterocycles. The Hall–Kier alpha value is -1.35. The van der Waals surface area contributed by atoms with E-state index >= 15 is 0 Å². The highest BCUT2D eigenvalue weighted by molar-refractivity contribution is 5.73. The first-order chi connectivity index (χ1) is 5.72. The van der Waals surface area contributed by atoms with Crippen molar-refractivity contribution in [1.29, 1.82) is 0 Å². The molecule has 0 aliphatic carbocycles. The molecule has 0 aromatic heterocycles. The SMILES string of the molecule is Cc1ccc(OC(=O)CO)cc1. The molecule has 0 amide bonds. The van der Waals surface area contributed by atoms with E-state index in [-0.39, 0.29) is 0 Å². The van der Waals surface area contributed by atoms with Crippen LogP contribution in [0.15, 0.2) is 24.3 Å². The quantitative estimate of drug-likeness (QED) is 0.524. The van der Waals surface area contributed by atoms with Gasteiger partial charge in [0.2, 0.25) is 0 Å². The van der Waals surface area contributed by atoms with Gasteiger partial charge in [-0.15, -0.1) is 0 Å². The first-order valence-corrected chi connectivity index (χ1v) is 3.60. The average Bonchev–Trinajstić information content (AvgIpc) is 2.09. The molecule has 1 aromatic carbocycles. The number of carbonyl (C=O) groups is 1. The van der Waals surface area contributed by atoms with Crippen molar-refractivity contribution in [2.24, 2.45) is 0 Å². The van der Waals surface area contributed by atoms with E-state index in [9.17, 15) is 4.79 Å². The van der Waals surface area contributed by atoms with Crippen LogP contribution in [0.3, 0.4) is 0 Å². The van der Waals surface area contributed by atoms with Gasteiger partial charge in [0.05, 0.1) is 0 Å². The molecule has 0 aliphatic rings. The molecule has 12 heavy (non-hydrogen) atoms. The van der Waals surface area contributed by atoms with E-state index in [4.69, 9.17) is 9.84 Å². The second-order valence-corrected chi connectivity index (χ2v) is 2.45. The van der Waals surface area contributed by atoms with E-state index in [1.54, 1.807) is 12.1 Å². The van der Waals surface area contributed by atoms with Crippen LogP contribution < -0.4 is 4.74 Å². The summed E-state index contributed by atoms with van der Waals surface area (Å²) in [6.45, 7) is 1.35. The highest BCUT2D eigenvalue weighted by atomic mass is 16.5. The molecule has 1 rings (SSSR count). The lowest BCUT2D eigenvalue weighted by Gasteiger charge is -2.01. The molecule has 0 aliphatic heterocycles. The van der Waals surface area contributed by atoms with Crippen molar-refractivity contribution in [3.63, 3.8) is 0 Å². The van der Waals surface area contributed by atoms with Gasteiger partial charge in [0, 0.05) is 0 Å². The van der Waals surface area contributed by atoms with Crippen molar-refractivity contribution in [2.45, 2.75) is 6.92 Å². The van der Waals surface area contributed by atoms with Crippen LogP contribution in [-0.4, -0.2) is 17.7 Å². The van der Waals surface area contributed by atoms with Gasteiger partial charge in [-0.3, -0.25) is 0 Å². The second kappa shape index (κ2) is 3.88. The van der Waals surface area contributed by atoms with Gasteiger partial charge in [-0.2, -0.15) is 0 Å². The van der Waals surface area contributed by atoms with Gasteiger partial charge < -0.3 is 9.84 Å². The van der Waals surface area contributed by atoms with E-state index in [0.717, 1.165) is 5.56 Å². The minimum Gasteiger partial charge on any atom is -0.425 e. The summed E-state index contributed by atoms with van der Waals surface area (Å²) in [5.41, 5.74) is 1.10. The van der Waals surface area contributed by atoms with Crippen LogP contribution in [-0.2, 0) is 4.79 Å². The largest absolute Gasteiger partial charge is 0.425 e. The smallest absolute Gasteiger partial charge is 0.337 e. The maximum absolute atomic E-state index is 10.6. The summed E-state index contributed by atoms with van der Waals surface area (Å²) in [5.74, 6) is -0.182. The lowest BCUT2D eigenvalue weighted by Crippen LogP contribution is -2.11. The molecule has 0 spiro atoms. The Bertz CT molecular complexity index is 264. The number of ether oxygens (including phenoxy) is 1. The monoisotopic (exact) mass is 166 g/mol. The number of aryl methyl sites for hydroxylation is 1. The third kappa shape index (κ3) is 2.36. The first kappa shape index (κ1) is 8.74. The molecule has 64 valence electrons. The predicted octanol–water partition coefficient (Wildman–Crippen LogP) is 0.893. The molecular formula is C9H10O3. The highest BCUT2D eigenvalue weighted by Gasteiger charge is 2.00. The fraction of sp³-hybridized carbons (Fsp3) is 0.222. The Morgan fingerprint density at radius 3 is 2.50 bits per heavy atom. The maximum Gasteiger partial charge on any atom is 0.337 e. The van der Waals surface area contributed by atoms with Crippen molar-refractivity contribution >= 4 is 5.97 Å². The Balaban J connectivity index is 2.64. The van der Waals surface area contributed by atoms with Crippen LogP contribution in [0.25, 0.3) is 0 Å². The summed E-state index contributed by atoms with van der Waals surface area (Å²) in [5, 5.41) is 8.38. The summed E-state index contributed by atoms with van der Waals surface area (Å²) < 4.78 is 4.73. The normalized spacial score (nSPS) is 9.50. The summed E-state index contributed by atoms with van der Waals surface area (Å²) in [4.78, 5) is 10.6. The number of hydrogen-bond acceptors (Lipinski definition) is 3. The van der Waals surface area contributed by atoms with Gasteiger partial charge in [-0.25, -0.2) is 4.79 Å². The molecule has 0 fully saturated rings. The molecule has 0 bridgehead atoms. The number of carbonyl (C=O) groups excluding carboxylic acids is 1. The fourth-order valence-electron chi connectivity index (χ4n) is 0.770. The molecule has 0 saturated heterocycles. The van der Waals surface area contributed by atoms with Gasteiger partial charge >= 0.3 is 5.97 Å². The molecule has 0 unspecified atom stereocenters. The number of rotatable bonds is 2. The van der Waals surface area contributed by atoms with Crippen molar-refractivity contribution in [3.8, 4) is 5.75 Å². The molecule has 1 N–H and O–H groups in total. The van der Waals surface area contributed by atoms with Crippen molar-refractivity contribution < 1.29 is 14.6 Å². The zero-order valence-corrected chi connectivity index (χ0v) is 6.78. The first-order valence-electron chi connectivity index (χ1n) is 3.60. The number of esters is 1. The van der Waals surface area contributed by atoms with Gasteiger partial charge in [-0.05, 0) is 19.1 Å². The van der Waals surface area contributed by atoms with E-state index < -0.39 is 12.6 Å². The summed E-state index contributed by atoms with van der Waals surface area (Å²) in [6, 6.07) is 7.03. The number of hydrogen-bond donors (Lipinski definition) is 1. The van der Waals surface area contributed by atoms with Crippen LogP contribution >= 0.6 is 0 Å². The van der Waals surface area contributed by atoms with Crippen LogP contribution in [0, 0.1) is 6.92 Å². The van der Waals surface area contributed by atoms with Crippen LogP contribution in [0.4, 0.5) is 0 Å². The van der Waals surface area contributed by atoms with E-state index in [0.29, 0.717) is 5.75 Å². The highest BCUT2D eigenvalue weighted by Crippen LogP contribution is 2.10. The van der Waals surface area contributed by atoms with E-state index in [1.165, 1.54) is 0 Å². The van der Waals surface area contributed by atoms with Gasteiger partial charge in [0.25, 0.3) is 0 Å². The number of aliphatic hydroxyl groups excluding tert-OH is 1. The molecule has 0 atom stereocenters. The minimum atomic E-state index is -0.640. The van der Waals surface area contributed by atoms with Crippen LogP contribution in [0.5, 0.6) is 5.75 Å². The van der Waals surface area contributed by atoms with Crippen LogP contribution in [0.1, 0.15) is 5.56 Å². The van der Waals surface area contributed by atoms with Crippen molar-refractivity contribution in [1.82, 2.24) is 0 Å². The molecule has 3 heteroatoms. The van der Waals surface area contributed by atoms with Crippen molar-refractivity contribution in [2.75, 3.05) is 6.61 Å². The third-order valence-electron chi connectivity index (χ3n) is 1.38. The molecule has 0 radical (unpaired) electrons. The molecular weight excluding hydrogens is 156 g/mol. The average molecular weight is 166 g/mol. The summed E-state index contributed by atoms with van der Waals surface area (Å²) >= 11 is 0. The van der Waals surface area contributed by atoms with Crippen LogP contribution in [0.2, 0.25) is 0 Å². The van der Waals surface area contributed by atoms with Gasteiger partial charge in [0.1, 0.15) is 12.4 Å². The third-order valence-corrected chi connectivity index (χ3v) is 1.38. The topological polar surface area (TPSA) is 46.5 Å². The van der Waals surface area contributed by atoms with Gasteiger partial charge in [-0.1, -0.05) is 17.7 Å². The molecule has 1 aromatic rings. The fourth-order valence-corrected chi connectivity index (χ4v) is 0.770. The van der Waals surface area contributed by atoms with Crippen molar-refractivity contribution in [3.05, 3.63) is 29.8 Å². The Morgan fingerprint density at radius 2 is 2.00 bits per heavy atom. The lowest BCUT2D eigenvalue weighted by molar-refractivity contribution is -0.137. The standard InChI is InChI=1S/C9H10O3/c1-7-2-4-8(5-3-7)12-9(11)6-10/h2-5,10H,6H2,1H3. The summed E-state index contributed by atoms with van der Waals surface area (Å²) in [6.07, 6.45) is 0. The van der Waals surface area contributed by atoms with Gasteiger partial charge in [0.15, 0.2) is 0 Å². The Labute approximate surface area is 70.6 Å². The second-order valence-electron chi connectivity index (χ2n) is 2.45. The molecule has 3 nitrogen and oxygen atoms in total. The van der Waals surface area contributed by atoms with E-state index in [1.807, 2.05) is 19.1 Å². The zero-order chi connectivity index (χ0) is 8.97. The zero-order valence-electron chi connectivity index (χ0n) is 6.78. The summed E-state index contributed by atoms with van der Waals surface area (Å²) in [7, 11) is 0. The lowest BCUT2D eigenvalue weighted by atomic mass is 10.2. The maximum atomic E-state index is 10.6. The Kier molecular flexibility index (Phi) is 2.82. The predicted molar refractivity (Wildman–Crippen MR) is 43.9 cm³/mol. The minimum absolute atomic E-state index is 0.458. The Morgan fingerprint density at radius 1 is 1.42 bits per heavy atom.